The van der Waals surface area contributed by atoms with E-state index in [1.807, 2.05) is 54.4 Å². The molecule has 3 rings (SSSR count). The molecular formula is C22H24N2O3. The summed E-state index contributed by atoms with van der Waals surface area (Å²) in [5.74, 6) is 1.30. The maximum Gasteiger partial charge on any atom is 0.239 e. The maximum absolute atomic E-state index is 12.2. The fourth-order valence-corrected chi connectivity index (χ4v) is 2.87. The zero-order valence-electron chi connectivity index (χ0n) is 15.6. The normalized spacial score (nSPS) is 10.4. The van der Waals surface area contributed by atoms with Crippen LogP contribution >= 0.6 is 0 Å². The molecule has 0 aromatic heterocycles. The number of likely N-dealkylation sites (N-methyl/N-ethyl adjacent to an activating group) is 1. The Balaban J connectivity index is 1.47. The van der Waals surface area contributed by atoms with Crippen molar-refractivity contribution in [1.82, 2.24) is 5.32 Å². The second-order valence-corrected chi connectivity index (χ2v) is 6.24. The van der Waals surface area contributed by atoms with Gasteiger partial charge in [-0.25, -0.2) is 0 Å². The standard InChI is InChI=1S/C22H24N2O3/c1-24(19-12-11-17-7-3-4-8-18(17)15-19)16-22(25)23-13-14-27-21-10-6-5-9-20(21)26-2/h3-12,15H,13-14,16H2,1-2H3,(H,23,25). The molecule has 0 saturated carbocycles. The van der Waals surface area contributed by atoms with E-state index in [0.717, 1.165) is 11.1 Å². The van der Waals surface area contributed by atoms with Gasteiger partial charge in [0.2, 0.25) is 5.91 Å². The number of ether oxygens (including phenoxy) is 2. The molecule has 0 bridgehead atoms. The van der Waals surface area contributed by atoms with E-state index in [-0.39, 0.29) is 12.5 Å². The second kappa shape index (κ2) is 8.94. The zero-order valence-corrected chi connectivity index (χ0v) is 15.6. The van der Waals surface area contributed by atoms with Crippen molar-refractivity contribution in [2.24, 2.45) is 0 Å². The van der Waals surface area contributed by atoms with E-state index < -0.39 is 0 Å². The molecule has 1 N–H and O–H groups in total. The fraction of sp³-hybridized carbons (Fsp3) is 0.227. The van der Waals surface area contributed by atoms with Crippen molar-refractivity contribution in [1.29, 1.82) is 0 Å². The van der Waals surface area contributed by atoms with Gasteiger partial charge in [-0.1, -0.05) is 42.5 Å². The van der Waals surface area contributed by atoms with Crippen LogP contribution in [0.1, 0.15) is 0 Å². The molecular weight excluding hydrogens is 340 g/mol. The number of para-hydroxylation sites is 2. The van der Waals surface area contributed by atoms with Crippen LogP contribution in [0, 0.1) is 0 Å². The van der Waals surface area contributed by atoms with Crippen LogP contribution in [0.2, 0.25) is 0 Å². The van der Waals surface area contributed by atoms with Crippen molar-refractivity contribution in [3.8, 4) is 11.5 Å². The van der Waals surface area contributed by atoms with Crippen LogP contribution in [0.3, 0.4) is 0 Å². The number of methoxy groups -OCH3 is 1. The summed E-state index contributed by atoms with van der Waals surface area (Å²) in [6, 6.07) is 21.8. The number of hydrogen-bond acceptors (Lipinski definition) is 4. The van der Waals surface area contributed by atoms with Crippen LogP contribution in [0.5, 0.6) is 11.5 Å². The smallest absolute Gasteiger partial charge is 0.239 e. The summed E-state index contributed by atoms with van der Waals surface area (Å²) < 4.78 is 10.9. The van der Waals surface area contributed by atoms with Gasteiger partial charge in [-0.05, 0) is 35.0 Å². The Labute approximate surface area is 159 Å². The average Bonchev–Trinajstić information content (AvgIpc) is 2.71. The third kappa shape index (κ3) is 4.91. The number of amides is 1. The minimum atomic E-state index is -0.0470. The molecule has 0 heterocycles. The summed E-state index contributed by atoms with van der Waals surface area (Å²) >= 11 is 0. The molecule has 0 atom stereocenters. The molecule has 5 nitrogen and oxygen atoms in total. The Kier molecular flexibility index (Phi) is 6.15. The second-order valence-electron chi connectivity index (χ2n) is 6.24. The van der Waals surface area contributed by atoms with E-state index in [4.69, 9.17) is 9.47 Å². The number of hydrogen-bond donors (Lipinski definition) is 1. The van der Waals surface area contributed by atoms with Crippen LogP contribution in [0.15, 0.2) is 66.7 Å². The van der Waals surface area contributed by atoms with Crippen LogP contribution in [0.4, 0.5) is 5.69 Å². The molecule has 0 fully saturated rings. The van der Waals surface area contributed by atoms with E-state index in [2.05, 4.69) is 29.6 Å². The summed E-state index contributed by atoms with van der Waals surface area (Å²) in [5.41, 5.74) is 1.01. The maximum atomic E-state index is 12.2. The first kappa shape index (κ1) is 18.6. The van der Waals surface area contributed by atoms with E-state index in [9.17, 15) is 4.79 Å². The van der Waals surface area contributed by atoms with Crippen LogP contribution in [-0.4, -0.2) is 39.8 Å². The Morgan fingerprint density at radius 2 is 1.67 bits per heavy atom. The molecule has 0 radical (unpaired) electrons. The molecule has 0 aliphatic rings. The van der Waals surface area contributed by atoms with Gasteiger partial charge in [-0.3, -0.25) is 4.79 Å². The first-order valence-electron chi connectivity index (χ1n) is 8.90. The predicted molar refractivity (Wildman–Crippen MR) is 109 cm³/mol. The molecule has 0 saturated heterocycles. The third-order valence-corrected chi connectivity index (χ3v) is 4.31. The van der Waals surface area contributed by atoms with Gasteiger partial charge in [-0.15, -0.1) is 0 Å². The Morgan fingerprint density at radius 3 is 2.44 bits per heavy atom. The van der Waals surface area contributed by atoms with Crippen molar-refractivity contribution in [2.75, 3.05) is 38.8 Å². The highest BCUT2D eigenvalue weighted by Gasteiger charge is 2.08. The largest absolute Gasteiger partial charge is 0.493 e. The molecule has 27 heavy (non-hydrogen) atoms. The number of nitrogens with one attached hydrogen (secondary N) is 1. The summed E-state index contributed by atoms with van der Waals surface area (Å²) in [6.45, 7) is 1.10. The van der Waals surface area contributed by atoms with E-state index in [0.29, 0.717) is 24.7 Å². The SMILES string of the molecule is COc1ccccc1OCCNC(=O)CN(C)c1ccc2ccccc2c1. The van der Waals surface area contributed by atoms with Crippen molar-refractivity contribution < 1.29 is 14.3 Å². The van der Waals surface area contributed by atoms with Gasteiger partial charge < -0.3 is 19.7 Å². The van der Waals surface area contributed by atoms with Crippen molar-refractivity contribution in [3.63, 3.8) is 0 Å². The van der Waals surface area contributed by atoms with E-state index in [1.54, 1.807) is 7.11 Å². The zero-order chi connectivity index (χ0) is 19.1. The van der Waals surface area contributed by atoms with Crippen LogP contribution < -0.4 is 19.7 Å². The van der Waals surface area contributed by atoms with Crippen molar-refractivity contribution >= 4 is 22.4 Å². The number of rotatable bonds is 8. The Morgan fingerprint density at radius 1 is 0.963 bits per heavy atom. The van der Waals surface area contributed by atoms with Crippen molar-refractivity contribution in [3.05, 3.63) is 66.7 Å². The van der Waals surface area contributed by atoms with Gasteiger partial charge in [0.1, 0.15) is 6.61 Å². The highest BCUT2D eigenvalue weighted by atomic mass is 16.5. The minimum Gasteiger partial charge on any atom is -0.493 e. The van der Waals surface area contributed by atoms with E-state index in [1.165, 1.54) is 5.39 Å². The molecule has 3 aromatic rings. The van der Waals surface area contributed by atoms with Crippen molar-refractivity contribution in [2.45, 2.75) is 0 Å². The lowest BCUT2D eigenvalue weighted by Crippen LogP contribution is -2.37. The lowest BCUT2D eigenvalue weighted by atomic mass is 10.1. The number of fused-ring (bicyclic) bond motifs is 1. The number of carbonyl (C=O) groups excluding carboxylic acids is 1. The highest BCUT2D eigenvalue weighted by Crippen LogP contribution is 2.25. The third-order valence-electron chi connectivity index (χ3n) is 4.31. The predicted octanol–water partition coefficient (Wildman–Crippen LogP) is 3.48. The average molecular weight is 364 g/mol. The highest BCUT2D eigenvalue weighted by molar-refractivity contribution is 5.87. The van der Waals surface area contributed by atoms with Crippen LogP contribution in [0.25, 0.3) is 10.8 Å². The summed E-state index contributed by atoms with van der Waals surface area (Å²) in [4.78, 5) is 14.1. The summed E-state index contributed by atoms with van der Waals surface area (Å²) in [7, 11) is 3.52. The molecule has 0 aliphatic heterocycles. The molecule has 140 valence electrons. The first-order valence-corrected chi connectivity index (χ1v) is 8.90. The van der Waals surface area contributed by atoms with Crippen LogP contribution in [-0.2, 0) is 4.79 Å². The number of anilines is 1. The summed E-state index contributed by atoms with van der Waals surface area (Å²) in [6.07, 6.45) is 0. The van der Waals surface area contributed by atoms with Gasteiger partial charge in [0.05, 0.1) is 20.2 Å². The van der Waals surface area contributed by atoms with Gasteiger partial charge in [0.25, 0.3) is 0 Å². The van der Waals surface area contributed by atoms with Gasteiger partial charge in [0.15, 0.2) is 11.5 Å². The lowest BCUT2D eigenvalue weighted by molar-refractivity contribution is -0.119. The van der Waals surface area contributed by atoms with E-state index >= 15 is 0 Å². The summed E-state index contributed by atoms with van der Waals surface area (Å²) in [5, 5.41) is 5.23. The van der Waals surface area contributed by atoms with Gasteiger partial charge in [-0.2, -0.15) is 0 Å². The van der Waals surface area contributed by atoms with Gasteiger partial charge in [0, 0.05) is 12.7 Å². The number of carbonyl (C=O) groups is 1. The minimum absolute atomic E-state index is 0.0470. The fourth-order valence-electron chi connectivity index (χ4n) is 2.87. The number of nitrogens with zero attached hydrogens (tertiary/aromatic N) is 1. The Hall–Kier alpha value is -3.21. The molecule has 5 heteroatoms. The molecule has 3 aromatic carbocycles. The monoisotopic (exact) mass is 364 g/mol. The number of benzene rings is 3. The quantitative estimate of drug-likeness (QED) is 0.622. The lowest BCUT2D eigenvalue weighted by Gasteiger charge is -2.19. The molecule has 0 aliphatic carbocycles. The molecule has 0 unspecified atom stereocenters. The first-order chi connectivity index (χ1) is 13.2. The Bertz CT molecular complexity index is 911. The molecule has 0 spiro atoms. The topological polar surface area (TPSA) is 50.8 Å². The van der Waals surface area contributed by atoms with Gasteiger partial charge >= 0.3 is 0 Å². The molecule has 1 amide bonds.